The number of hydrogen-bond donors (Lipinski definition) is 1. The molecule has 1 amide bonds. The minimum atomic E-state index is -1.03. The summed E-state index contributed by atoms with van der Waals surface area (Å²) in [5, 5.41) is 9.37. The molecule has 34 heavy (non-hydrogen) atoms. The molecule has 5 nitrogen and oxygen atoms in total. The van der Waals surface area contributed by atoms with Crippen LogP contribution in [0.1, 0.15) is 40.7 Å². The van der Waals surface area contributed by atoms with Crippen molar-refractivity contribution >= 4 is 11.9 Å². The molecule has 2 spiro atoms. The molecule has 3 aromatic rings. The maximum Gasteiger partial charge on any atom is 0.262 e. The highest BCUT2D eigenvalue weighted by atomic mass is 16.2. The Morgan fingerprint density at radius 3 is 2.50 bits per heavy atom. The van der Waals surface area contributed by atoms with E-state index in [-0.39, 0.29) is 17.3 Å². The second-order valence-electron chi connectivity index (χ2n) is 9.87. The number of nitrogens with zero attached hydrogens (tertiary/aromatic N) is 3. The Kier molecular flexibility index (Phi) is 4.44. The van der Waals surface area contributed by atoms with E-state index in [1.807, 2.05) is 18.2 Å². The van der Waals surface area contributed by atoms with Gasteiger partial charge in [-0.2, -0.15) is 5.26 Å². The Balaban J connectivity index is 1.57. The van der Waals surface area contributed by atoms with Crippen LogP contribution in [0.5, 0.6) is 0 Å². The monoisotopic (exact) mass is 446 g/mol. The number of fused-ring (bicyclic) bond motifs is 4. The van der Waals surface area contributed by atoms with E-state index in [0.29, 0.717) is 5.56 Å². The lowest BCUT2D eigenvalue weighted by Crippen LogP contribution is -2.50. The summed E-state index contributed by atoms with van der Waals surface area (Å²) in [7, 11) is 1.73. The van der Waals surface area contributed by atoms with E-state index in [1.165, 1.54) is 21.6 Å². The van der Waals surface area contributed by atoms with Gasteiger partial charge in [0.1, 0.15) is 0 Å². The predicted molar refractivity (Wildman–Crippen MR) is 132 cm³/mol. The van der Waals surface area contributed by atoms with Crippen molar-refractivity contribution in [1.29, 1.82) is 5.26 Å². The van der Waals surface area contributed by atoms with Crippen molar-refractivity contribution in [3.8, 4) is 17.2 Å². The number of aryl methyl sites for hydroxylation is 1. The number of hydrogen-bond acceptors (Lipinski definition) is 4. The summed E-state index contributed by atoms with van der Waals surface area (Å²) in [4.78, 5) is 20.6. The first-order chi connectivity index (χ1) is 16.5. The van der Waals surface area contributed by atoms with Crippen LogP contribution in [0.2, 0.25) is 0 Å². The topological polar surface area (TPSA) is 82.5 Å². The average molecular weight is 447 g/mol. The van der Waals surface area contributed by atoms with Gasteiger partial charge in [-0.1, -0.05) is 48.5 Å². The van der Waals surface area contributed by atoms with Crippen LogP contribution in [-0.2, 0) is 29.6 Å². The second kappa shape index (κ2) is 7.30. The number of carbonyl (C=O) groups excluding carboxylic acids is 1. The van der Waals surface area contributed by atoms with Crippen LogP contribution < -0.4 is 5.73 Å². The lowest BCUT2D eigenvalue weighted by atomic mass is 9.64. The first-order valence-corrected chi connectivity index (χ1v) is 11.8. The summed E-state index contributed by atoms with van der Waals surface area (Å²) in [6.07, 6.45) is 4.53. The van der Waals surface area contributed by atoms with Crippen molar-refractivity contribution in [3.63, 3.8) is 0 Å². The number of rotatable bonds is 1. The molecule has 2 aliphatic carbocycles. The van der Waals surface area contributed by atoms with E-state index in [0.717, 1.165) is 48.8 Å². The molecule has 3 aromatic carbocycles. The summed E-state index contributed by atoms with van der Waals surface area (Å²) in [6.45, 7) is 0. The molecule has 0 saturated carbocycles. The molecule has 0 aromatic heterocycles. The minimum Gasteiger partial charge on any atom is -0.369 e. The van der Waals surface area contributed by atoms with E-state index in [4.69, 9.17) is 10.7 Å². The van der Waals surface area contributed by atoms with E-state index in [2.05, 4.69) is 48.5 Å². The van der Waals surface area contributed by atoms with Crippen molar-refractivity contribution in [3.05, 3.63) is 94.5 Å². The molecule has 2 atom stereocenters. The third-order valence-electron chi connectivity index (χ3n) is 8.11. The van der Waals surface area contributed by atoms with Crippen molar-refractivity contribution < 1.29 is 4.79 Å². The van der Waals surface area contributed by atoms with Crippen molar-refractivity contribution in [2.75, 3.05) is 7.05 Å². The van der Waals surface area contributed by atoms with Crippen molar-refractivity contribution in [2.24, 2.45) is 16.1 Å². The Hall–Kier alpha value is -3.91. The molecule has 2 unspecified atom stereocenters. The number of benzene rings is 3. The summed E-state index contributed by atoms with van der Waals surface area (Å²) in [6, 6.07) is 24.8. The van der Waals surface area contributed by atoms with Crippen LogP contribution in [0.3, 0.4) is 0 Å². The van der Waals surface area contributed by atoms with Gasteiger partial charge < -0.3 is 5.73 Å². The van der Waals surface area contributed by atoms with Crippen LogP contribution in [0.15, 0.2) is 71.7 Å². The van der Waals surface area contributed by atoms with Gasteiger partial charge in [0.15, 0.2) is 11.5 Å². The smallest absolute Gasteiger partial charge is 0.262 e. The van der Waals surface area contributed by atoms with Gasteiger partial charge >= 0.3 is 0 Å². The van der Waals surface area contributed by atoms with E-state index < -0.39 is 5.54 Å². The summed E-state index contributed by atoms with van der Waals surface area (Å²) in [5.74, 6) is 0.248. The van der Waals surface area contributed by atoms with Crippen molar-refractivity contribution in [2.45, 2.75) is 37.6 Å². The van der Waals surface area contributed by atoms with Crippen LogP contribution >= 0.6 is 0 Å². The number of nitriles is 1. The Morgan fingerprint density at radius 1 is 0.971 bits per heavy atom. The minimum absolute atomic E-state index is 0.0361. The number of aliphatic imine (C=N–C) groups is 1. The summed E-state index contributed by atoms with van der Waals surface area (Å²) < 4.78 is 0. The van der Waals surface area contributed by atoms with E-state index in [9.17, 15) is 10.1 Å². The molecule has 2 N–H and O–H groups in total. The Morgan fingerprint density at radius 2 is 1.74 bits per heavy atom. The van der Waals surface area contributed by atoms with Gasteiger partial charge in [-0.05, 0) is 83.7 Å². The molecule has 168 valence electrons. The predicted octanol–water partition coefficient (Wildman–Crippen LogP) is 4.33. The zero-order chi connectivity index (χ0) is 23.5. The summed E-state index contributed by atoms with van der Waals surface area (Å²) >= 11 is 0. The normalized spacial score (nSPS) is 25.1. The lowest BCUT2D eigenvalue weighted by molar-refractivity contribution is -0.135. The quantitative estimate of drug-likeness (QED) is 0.604. The van der Waals surface area contributed by atoms with Crippen LogP contribution in [0.4, 0.5) is 0 Å². The standard InChI is InChI=1S/C29H26N4O/c1-33-26(34)29(32-27(33)31)25-15-22(21-9-4-6-19(14-21)18-30)11-12-24(25)17-28(29)13-5-10-20-7-2-3-8-23(20)16-28/h2-4,6-9,11-12,14-15H,5,10,13,16-17H2,1H3,(H2,31,32). The molecule has 1 heterocycles. The zero-order valence-electron chi connectivity index (χ0n) is 19.2. The molecule has 0 fully saturated rings. The highest BCUT2D eigenvalue weighted by Gasteiger charge is 2.65. The van der Waals surface area contributed by atoms with E-state index >= 15 is 0 Å². The largest absolute Gasteiger partial charge is 0.369 e. The molecular formula is C29H26N4O. The van der Waals surface area contributed by atoms with Gasteiger partial charge in [0.05, 0.1) is 11.6 Å². The van der Waals surface area contributed by atoms with Gasteiger partial charge in [0.2, 0.25) is 0 Å². The summed E-state index contributed by atoms with van der Waals surface area (Å²) in [5.41, 5.74) is 12.3. The second-order valence-corrected chi connectivity index (χ2v) is 9.87. The number of nitrogens with two attached hydrogens (primary N) is 1. The van der Waals surface area contributed by atoms with Crippen LogP contribution in [0.25, 0.3) is 11.1 Å². The van der Waals surface area contributed by atoms with Crippen LogP contribution in [0, 0.1) is 16.7 Å². The highest BCUT2D eigenvalue weighted by Crippen LogP contribution is 2.60. The zero-order valence-corrected chi connectivity index (χ0v) is 19.2. The SMILES string of the molecule is CN1C(=O)C2(N=C1N)c1cc(-c3cccc(C#N)c3)ccc1CC21CCCc2ccccc2C1. The number of carbonyl (C=O) groups is 1. The number of likely N-dealkylation sites (N-methyl/N-ethyl adjacent to an activating group) is 1. The van der Waals surface area contributed by atoms with Gasteiger partial charge in [-0.25, -0.2) is 4.99 Å². The maximum absolute atomic E-state index is 14.0. The average Bonchev–Trinajstić information content (AvgIpc) is 3.15. The number of guanidine groups is 1. The lowest BCUT2D eigenvalue weighted by Gasteiger charge is -2.40. The molecule has 0 bridgehead atoms. The van der Waals surface area contributed by atoms with Crippen molar-refractivity contribution in [1.82, 2.24) is 4.90 Å². The van der Waals surface area contributed by atoms with Gasteiger partial charge in [-0.15, -0.1) is 0 Å². The molecule has 6 rings (SSSR count). The van der Waals surface area contributed by atoms with Gasteiger partial charge in [-0.3, -0.25) is 9.69 Å². The Bertz CT molecular complexity index is 1420. The first-order valence-electron chi connectivity index (χ1n) is 11.8. The Labute approximate surface area is 199 Å². The third-order valence-corrected chi connectivity index (χ3v) is 8.11. The third kappa shape index (κ3) is 2.72. The van der Waals surface area contributed by atoms with E-state index in [1.54, 1.807) is 13.1 Å². The molecule has 5 heteroatoms. The molecule has 1 aliphatic heterocycles. The van der Waals surface area contributed by atoms with Gasteiger partial charge in [0.25, 0.3) is 5.91 Å². The fourth-order valence-electron chi connectivity index (χ4n) is 6.46. The fourth-order valence-corrected chi connectivity index (χ4v) is 6.46. The molecule has 3 aliphatic rings. The fraction of sp³-hybridized carbons (Fsp3) is 0.276. The van der Waals surface area contributed by atoms with Crippen LogP contribution in [-0.4, -0.2) is 23.8 Å². The molecule has 0 radical (unpaired) electrons. The molecule has 0 saturated heterocycles. The highest BCUT2D eigenvalue weighted by molar-refractivity contribution is 6.08. The maximum atomic E-state index is 14.0. The van der Waals surface area contributed by atoms with Gasteiger partial charge in [0, 0.05) is 12.5 Å². The first kappa shape index (κ1) is 20.7. The molecular weight excluding hydrogens is 420 g/mol. The number of amides is 1.